The van der Waals surface area contributed by atoms with Gasteiger partial charge in [0, 0.05) is 19.8 Å². The molecule has 2 unspecified atom stereocenters. The first kappa shape index (κ1) is 13.8. The number of rotatable bonds is 7. The zero-order chi connectivity index (χ0) is 12.7. The summed E-state index contributed by atoms with van der Waals surface area (Å²) < 4.78 is 10.0. The maximum atomic E-state index is 5.56. The van der Waals surface area contributed by atoms with Crippen molar-refractivity contribution in [3.8, 4) is 5.88 Å². The van der Waals surface area contributed by atoms with Crippen molar-refractivity contribution in [2.45, 2.75) is 19.4 Å². The highest BCUT2D eigenvalue weighted by atomic mass is 16.5. The fraction of sp³-hybridized carbons (Fsp3) is 0.636. The maximum Gasteiger partial charge on any atom is 0.233 e. The molecule has 0 aliphatic carbocycles. The van der Waals surface area contributed by atoms with Gasteiger partial charge in [-0.3, -0.25) is 11.3 Å². The van der Waals surface area contributed by atoms with Crippen molar-refractivity contribution in [3.63, 3.8) is 0 Å². The van der Waals surface area contributed by atoms with Crippen molar-refractivity contribution >= 4 is 0 Å². The Morgan fingerprint density at radius 2 is 2.12 bits per heavy atom. The van der Waals surface area contributed by atoms with E-state index in [0.29, 0.717) is 18.4 Å². The first-order valence-corrected chi connectivity index (χ1v) is 5.55. The van der Waals surface area contributed by atoms with Crippen LogP contribution >= 0.6 is 0 Å². The third kappa shape index (κ3) is 3.92. The monoisotopic (exact) mass is 240 g/mol. The third-order valence-electron chi connectivity index (χ3n) is 2.71. The van der Waals surface area contributed by atoms with Crippen LogP contribution in [-0.4, -0.2) is 31.0 Å². The molecule has 1 rings (SSSR count). The van der Waals surface area contributed by atoms with Crippen LogP contribution in [0.1, 0.15) is 25.1 Å². The van der Waals surface area contributed by atoms with Gasteiger partial charge in [-0.25, -0.2) is 0 Å². The normalized spacial score (nSPS) is 14.4. The number of nitrogens with zero attached hydrogens (tertiary/aromatic N) is 2. The van der Waals surface area contributed by atoms with Crippen LogP contribution in [-0.2, 0) is 4.74 Å². The lowest BCUT2D eigenvalue weighted by molar-refractivity contribution is 0.169. The second kappa shape index (κ2) is 7.16. The largest absolute Gasteiger partial charge is 0.480 e. The van der Waals surface area contributed by atoms with E-state index in [1.165, 1.54) is 0 Å². The zero-order valence-corrected chi connectivity index (χ0v) is 10.5. The number of nitrogens with two attached hydrogens (primary N) is 1. The molecule has 3 N–H and O–H groups in total. The molecule has 0 saturated heterocycles. The Balaban J connectivity index is 2.70. The van der Waals surface area contributed by atoms with Crippen molar-refractivity contribution < 1.29 is 9.47 Å². The summed E-state index contributed by atoms with van der Waals surface area (Å²) in [6.45, 7) is 2.79. The molecular weight excluding hydrogens is 220 g/mol. The van der Waals surface area contributed by atoms with E-state index in [1.807, 2.05) is 6.07 Å². The molecule has 1 heterocycles. The number of aromatic nitrogens is 2. The number of ether oxygens (including phenoxy) is 2. The molecule has 0 spiro atoms. The van der Waals surface area contributed by atoms with Crippen LogP contribution in [0.4, 0.5) is 0 Å². The van der Waals surface area contributed by atoms with Crippen molar-refractivity contribution in [1.29, 1.82) is 0 Å². The highest BCUT2D eigenvalue weighted by molar-refractivity contribution is 5.14. The summed E-state index contributed by atoms with van der Waals surface area (Å²) in [4.78, 5) is 0. The molecule has 96 valence electrons. The van der Waals surface area contributed by atoms with Gasteiger partial charge in [0.15, 0.2) is 0 Å². The van der Waals surface area contributed by atoms with E-state index in [0.717, 1.165) is 12.1 Å². The second-order valence-corrected chi connectivity index (χ2v) is 3.90. The first-order chi connectivity index (χ1) is 8.22. The molecule has 0 aromatic carbocycles. The Morgan fingerprint density at radius 1 is 1.35 bits per heavy atom. The molecule has 0 aliphatic rings. The molecule has 0 aliphatic heterocycles. The van der Waals surface area contributed by atoms with E-state index < -0.39 is 0 Å². The summed E-state index contributed by atoms with van der Waals surface area (Å²) in [5, 5.41) is 8.02. The standard InChI is InChI=1S/C11H20N4O2/c1-8(6-7-16-2)11(13-12)9-4-5-10(17-3)15-14-9/h4-5,8,11,13H,6-7,12H2,1-3H3. The lowest BCUT2D eigenvalue weighted by Gasteiger charge is -2.22. The van der Waals surface area contributed by atoms with E-state index in [1.54, 1.807) is 20.3 Å². The molecule has 6 nitrogen and oxygen atoms in total. The summed E-state index contributed by atoms with van der Waals surface area (Å²) in [5.74, 6) is 6.36. The Morgan fingerprint density at radius 3 is 2.59 bits per heavy atom. The van der Waals surface area contributed by atoms with Gasteiger partial charge in [0.1, 0.15) is 0 Å². The molecule has 0 amide bonds. The molecule has 0 saturated carbocycles. The topological polar surface area (TPSA) is 82.3 Å². The van der Waals surface area contributed by atoms with E-state index in [9.17, 15) is 0 Å². The summed E-state index contributed by atoms with van der Waals surface area (Å²) >= 11 is 0. The molecule has 6 heteroatoms. The first-order valence-electron chi connectivity index (χ1n) is 5.55. The molecule has 17 heavy (non-hydrogen) atoms. The van der Waals surface area contributed by atoms with Crippen molar-refractivity contribution in [2.24, 2.45) is 11.8 Å². The summed E-state index contributed by atoms with van der Waals surface area (Å²) in [6, 6.07) is 3.60. The van der Waals surface area contributed by atoms with Crippen LogP contribution in [0, 0.1) is 5.92 Å². The Bertz CT molecular complexity index is 318. The third-order valence-corrected chi connectivity index (χ3v) is 2.71. The predicted octanol–water partition coefficient (Wildman–Crippen LogP) is 0.662. The van der Waals surface area contributed by atoms with Gasteiger partial charge in [-0.05, 0) is 18.4 Å². The Labute approximate surface area is 101 Å². The number of hydrogen-bond donors (Lipinski definition) is 2. The van der Waals surface area contributed by atoms with Crippen LogP contribution in [0.15, 0.2) is 12.1 Å². The van der Waals surface area contributed by atoms with Crippen LogP contribution in [0.3, 0.4) is 0 Å². The van der Waals surface area contributed by atoms with Crippen LogP contribution in [0.25, 0.3) is 0 Å². The summed E-state index contributed by atoms with van der Waals surface area (Å²) in [6.07, 6.45) is 0.902. The Kier molecular flexibility index (Phi) is 5.82. The van der Waals surface area contributed by atoms with Gasteiger partial charge in [0.05, 0.1) is 18.8 Å². The van der Waals surface area contributed by atoms with Crippen molar-refractivity contribution in [1.82, 2.24) is 15.6 Å². The molecule has 0 radical (unpaired) electrons. The second-order valence-electron chi connectivity index (χ2n) is 3.90. The van der Waals surface area contributed by atoms with Gasteiger partial charge in [0.25, 0.3) is 0 Å². The smallest absolute Gasteiger partial charge is 0.233 e. The molecule has 0 bridgehead atoms. The summed E-state index contributed by atoms with van der Waals surface area (Å²) in [7, 11) is 3.24. The minimum atomic E-state index is -0.0384. The van der Waals surface area contributed by atoms with E-state index in [-0.39, 0.29) is 6.04 Å². The SMILES string of the molecule is COCCC(C)C(NN)c1ccc(OC)nn1. The number of methoxy groups -OCH3 is 2. The van der Waals surface area contributed by atoms with Gasteiger partial charge >= 0.3 is 0 Å². The minimum Gasteiger partial charge on any atom is -0.480 e. The molecule has 1 aromatic rings. The van der Waals surface area contributed by atoms with Gasteiger partial charge in [-0.15, -0.1) is 5.10 Å². The zero-order valence-electron chi connectivity index (χ0n) is 10.5. The lowest BCUT2D eigenvalue weighted by atomic mass is 9.96. The maximum absolute atomic E-state index is 5.56. The van der Waals surface area contributed by atoms with Gasteiger partial charge in [-0.2, -0.15) is 5.10 Å². The summed E-state index contributed by atoms with van der Waals surface area (Å²) in [5.41, 5.74) is 3.57. The van der Waals surface area contributed by atoms with E-state index in [4.69, 9.17) is 15.3 Å². The highest BCUT2D eigenvalue weighted by Crippen LogP contribution is 2.22. The quantitative estimate of drug-likeness (QED) is 0.538. The average Bonchev–Trinajstić information content (AvgIpc) is 2.38. The minimum absolute atomic E-state index is 0.0384. The van der Waals surface area contributed by atoms with Gasteiger partial charge in [-0.1, -0.05) is 6.92 Å². The average molecular weight is 240 g/mol. The number of hydrogen-bond acceptors (Lipinski definition) is 6. The van der Waals surface area contributed by atoms with Crippen LogP contribution < -0.4 is 16.0 Å². The van der Waals surface area contributed by atoms with Gasteiger partial charge in [0.2, 0.25) is 5.88 Å². The van der Waals surface area contributed by atoms with Crippen LogP contribution in [0.5, 0.6) is 5.88 Å². The van der Waals surface area contributed by atoms with Crippen LogP contribution in [0.2, 0.25) is 0 Å². The Hall–Kier alpha value is -1.24. The number of nitrogens with one attached hydrogen (secondary N) is 1. The predicted molar refractivity (Wildman–Crippen MR) is 64.3 cm³/mol. The highest BCUT2D eigenvalue weighted by Gasteiger charge is 2.19. The number of hydrazine groups is 1. The molecule has 0 fully saturated rings. The molecule has 2 atom stereocenters. The van der Waals surface area contributed by atoms with Crippen molar-refractivity contribution in [2.75, 3.05) is 20.8 Å². The van der Waals surface area contributed by atoms with Crippen molar-refractivity contribution in [3.05, 3.63) is 17.8 Å². The fourth-order valence-electron chi connectivity index (χ4n) is 1.62. The molecular formula is C11H20N4O2. The van der Waals surface area contributed by atoms with E-state index in [2.05, 4.69) is 22.5 Å². The molecule has 1 aromatic heterocycles. The van der Waals surface area contributed by atoms with E-state index >= 15 is 0 Å². The van der Waals surface area contributed by atoms with Gasteiger partial charge < -0.3 is 9.47 Å². The fourth-order valence-corrected chi connectivity index (χ4v) is 1.62. The lowest BCUT2D eigenvalue weighted by Crippen LogP contribution is -2.33.